The van der Waals surface area contributed by atoms with E-state index >= 15 is 0 Å². The van der Waals surface area contributed by atoms with Crippen LogP contribution >= 0.6 is 11.3 Å². The van der Waals surface area contributed by atoms with Gasteiger partial charge in [-0.1, -0.05) is 18.2 Å². The molecular formula is C26H32N6O3S. The summed E-state index contributed by atoms with van der Waals surface area (Å²) in [4.78, 5) is 30.5. The van der Waals surface area contributed by atoms with Gasteiger partial charge in [0, 0.05) is 31.7 Å². The summed E-state index contributed by atoms with van der Waals surface area (Å²) in [6.45, 7) is 4.40. The van der Waals surface area contributed by atoms with Gasteiger partial charge < -0.3 is 10.8 Å². The molecule has 10 heteroatoms. The minimum Gasteiger partial charge on any atom is -0.481 e. The third kappa shape index (κ3) is 4.48. The highest BCUT2D eigenvalue weighted by Crippen LogP contribution is 2.41. The van der Waals surface area contributed by atoms with Crippen LogP contribution < -0.4 is 10.7 Å². The number of rotatable bonds is 5. The highest BCUT2D eigenvalue weighted by molar-refractivity contribution is 7.12. The molecule has 2 fully saturated rings. The maximum Gasteiger partial charge on any atom is 0.306 e. The molecule has 1 amide bonds. The van der Waals surface area contributed by atoms with Gasteiger partial charge in [0.2, 0.25) is 0 Å². The Bertz CT molecular complexity index is 1180. The Morgan fingerprint density at radius 1 is 1.25 bits per heavy atom. The van der Waals surface area contributed by atoms with Gasteiger partial charge in [-0.15, -0.1) is 11.3 Å². The number of amides is 1. The normalized spacial score (nSPS) is 27.5. The van der Waals surface area contributed by atoms with Gasteiger partial charge in [0.25, 0.3) is 5.91 Å². The van der Waals surface area contributed by atoms with Crippen LogP contribution in [0.25, 0.3) is 0 Å². The topological polar surface area (TPSA) is 117 Å². The van der Waals surface area contributed by atoms with Crippen molar-refractivity contribution in [2.45, 2.75) is 57.5 Å². The van der Waals surface area contributed by atoms with Crippen molar-refractivity contribution in [2.24, 2.45) is 11.7 Å². The molecule has 1 aromatic carbocycles. The molecule has 5 rings (SSSR count). The Labute approximate surface area is 215 Å². The lowest BCUT2D eigenvalue weighted by molar-refractivity contribution is -0.144. The Morgan fingerprint density at radius 2 is 2.06 bits per heavy atom. The fourth-order valence-electron chi connectivity index (χ4n) is 5.82. The summed E-state index contributed by atoms with van der Waals surface area (Å²) in [6, 6.07) is 11.7. The standard InChI is InChI=1S/C26H32N6O3S/c1-17-13-18(25(34)35)8-11-31(17)32-22-9-12-36-23(22)24(33)30(15-20-6-3-2-5-19(20)14-27)26(32)29-10-4-7-21(28)16-29/h2-3,5-6,9,12,17-18,21,26H,4,7-8,10-11,13,15-16,28H2,1H3,(H,34,35). The summed E-state index contributed by atoms with van der Waals surface area (Å²) in [5, 5.41) is 25.7. The number of hydrogen-bond donors (Lipinski definition) is 2. The van der Waals surface area contributed by atoms with E-state index in [-0.39, 0.29) is 23.9 Å². The van der Waals surface area contributed by atoms with Gasteiger partial charge in [-0.2, -0.15) is 5.26 Å². The fourth-order valence-corrected chi connectivity index (χ4v) is 6.65. The van der Waals surface area contributed by atoms with Gasteiger partial charge >= 0.3 is 5.97 Å². The van der Waals surface area contributed by atoms with Crippen molar-refractivity contribution in [2.75, 3.05) is 24.6 Å². The predicted molar refractivity (Wildman–Crippen MR) is 137 cm³/mol. The number of carbonyl (C=O) groups excluding carboxylic acids is 1. The summed E-state index contributed by atoms with van der Waals surface area (Å²) < 4.78 is 0. The van der Waals surface area contributed by atoms with Crippen LogP contribution in [0.1, 0.15) is 53.4 Å². The molecule has 190 valence electrons. The average molecular weight is 509 g/mol. The molecular weight excluding hydrogens is 476 g/mol. The maximum absolute atomic E-state index is 13.9. The molecule has 3 aliphatic heterocycles. The van der Waals surface area contributed by atoms with Crippen LogP contribution in [-0.2, 0) is 11.3 Å². The van der Waals surface area contributed by atoms with E-state index in [9.17, 15) is 20.0 Å². The lowest BCUT2D eigenvalue weighted by atomic mass is 9.92. The van der Waals surface area contributed by atoms with Crippen molar-refractivity contribution >= 4 is 28.9 Å². The monoisotopic (exact) mass is 508 g/mol. The minimum absolute atomic E-state index is 0.0167. The predicted octanol–water partition coefficient (Wildman–Crippen LogP) is 2.89. The van der Waals surface area contributed by atoms with Crippen molar-refractivity contribution in [1.29, 1.82) is 5.26 Å². The highest BCUT2D eigenvalue weighted by atomic mass is 32.1. The van der Waals surface area contributed by atoms with Crippen molar-refractivity contribution in [3.8, 4) is 6.07 Å². The molecule has 0 aliphatic carbocycles. The Balaban J connectivity index is 1.58. The third-order valence-corrected chi connectivity index (χ3v) is 8.50. The summed E-state index contributed by atoms with van der Waals surface area (Å²) >= 11 is 1.42. The molecule has 0 spiro atoms. The Hall–Kier alpha value is -2.97. The number of benzene rings is 1. The van der Waals surface area contributed by atoms with Gasteiger partial charge in [0.15, 0.2) is 6.29 Å². The van der Waals surface area contributed by atoms with E-state index in [1.807, 2.05) is 34.5 Å². The van der Waals surface area contributed by atoms with Gasteiger partial charge in [0.1, 0.15) is 4.88 Å². The number of aliphatic carboxylic acids is 1. The Morgan fingerprint density at radius 3 is 2.78 bits per heavy atom. The second kappa shape index (κ2) is 10.2. The second-order valence-electron chi connectivity index (χ2n) is 10.00. The van der Waals surface area contributed by atoms with Crippen LogP contribution in [0, 0.1) is 17.2 Å². The van der Waals surface area contributed by atoms with E-state index in [1.54, 1.807) is 6.07 Å². The van der Waals surface area contributed by atoms with Crippen LogP contribution in [0.4, 0.5) is 5.69 Å². The molecule has 4 atom stereocenters. The average Bonchev–Trinajstić information content (AvgIpc) is 3.36. The first-order valence-corrected chi connectivity index (χ1v) is 13.4. The molecule has 4 heterocycles. The molecule has 0 radical (unpaired) electrons. The number of thiophene rings is 1. The van der Waals surface area contributed by atoms with Crippen LogP contribution in [0.5, 0.6) is 0 Å². The maximum atomic E-state index is 13.9. The van der Waals surface area contributed by atoms with Gasteiger partial charge in [0.05, 0.1) is 29.8 Å². The van der Waals surface area contributed by atoms with Crippen molar-refractivity contribution < 1.29 is 14.7 Å². The van der Waals surface area contributed by atoms with Crippen LogP contribution in [-0.4, -0.2) is 69.8 Å². The lowest BCUT2D eigenvalue weighted by Crippen LogP contribution is -2.70. The number of fused-ring (bicyclic) bond motifs is 1. The number of hydrazine groups is 1. The van der Waals surface area contributed by atoms with Crippen molar-refractivity contribution in [3.05, 3.63) is 51.7 Å². The molecule has 2 aromatic rings. The zero-order valence-electron chi connectivity index (χ0n) is 20.4. The summed E-state index contributed by atoms with van der Waals surface area (Å²) in [5.41, 5.74) is 8.62. The quantitative estimate of drug-likeness (QED) is 0.633. The van der Waals surface area contributed by atoms with E-state index in [4.69, 9.17) is 5.73 Å². The van der Waals surface area contributed by atoms with Gasteiger partial charge in [-0.3, -0.25) is 24.4 Å². The van der Waals surface area contributed by atoms with E-state index in [1.165, 1.54) is 11.3 Å². The molecule has 1 aromatic heterocycles. The van der Waals surface area contributed by atoms with E-state index in [0.29, 0.717) is 42.9 Å². The smallest absolute Gasteiger partial charge is 0.306 e. The molecule has 9 nitrogen and oxygen atoms in total. The van der Waals surface area contributed by atoms with Crippen LogP contribution in [0.3, 0.4) is 0 Å². The molecule has 3 N–H and O–H groups in total. The van der Waals surface area contributed by atoms with E-state index < -0.39 is 12.3 Å². The summed E-state index contributed by atoms with van der Waals surface area (Å²) in [7, 11) is 0. The van der Waals surface area contributed by atoms with Crippen molar-refractivity contribution in [1.82, 2.24) is 14.8 Å². The molecule has 0 saturated carbocycles. The fraction of sp³-hybridized carbons (Fsp3) is 0.500. The lowest BCUT2D eigenvalue weighted by Gasteiger charge is -2.56. The number of nitriles is 1. The summed E-state index contributed by atoms with van der Waals surface area (Å²) in [5.74, 6) is -1.17. The van der Waals surface area contributed by atoms with E-state index in [0.717, 1.165) is 30.6 Å². The first-order chi connectivity index (χ1) is 17.4. The largest absolute Gasteiger partial charge is 0.481 e. The van der Waals surface area contributed by atoms with Gasteiger partial charge in [-0.05, 0) is 55.7 Å². The highest BCUT2D eigenvalue weighted by Gasteiger charge is 2.47. The minimum atomic E-state index is -0.750. The first kappa shape index (κ1) is 24.7. The molecule has 2 saturated heterocycles. The number of carboxylic acid groups (broad SMARTS) is 1. The zero-order chi connectivity index (χ0) is 25.4. The SMILES string of the molecule is CC1CC(C(=O)O)CCN1N1c2ccsc2C(=O)N(Cc2ccccc2C#N)C1N1CCCC(N)C1. The number of piperidine rings is 2. The molecule has 36 heavy (non-hydrogen) atoms. The Kier molecular flexibility index (Phi) is 6.99. The van der Waals surface area contributed by atoms with Crippen LogP contribution in [0.2, 0.25) is 0 Å². The van der Waals surface area contributed by atoms with Gasteiger partial charge in [-0.25, -0.2) is 5.01 Å². The number of nitrogens with zero attached hydrogens (tertiary/aromatic N) is 5. The number of carboxylic acids is 1. The molecule has 4 unspecified atom stereocenters. The first-order valence-electron chi connectivity index (χ1n) is 12.5. The number of hydrogen-bond acceptors (Lipinski definition) is 8. The third-order valence-electron chi connectivity index (χ3n) is 7.61. The number of anilines is 1. The van der Waals surface area contributed by atoms with Crippen LogP contribution in [0.15, 0.2) is 35.7 Å². The molecule has 3 aliphatic rings. The number of nitrogens with two attached hydrogens (primary N) is 1. The summed E-state index contributed by atoms with van der Waals surface area (Å²) in [6.07, 6.45) is 2.56. The number of likely N-dealkylation sites (tertiary alicyclic amines) is 1. The molecule has 0 bridgehead atoms. The number of carbonyl (C=O) groups is 2. The second-order valence-corrected chi connectivity index (χ2v) is 10.9. The van der Waals surface area contributed by atoms with E-state index in [2.05, 4.69) is 27.9 Å². The van der Waals surface area contributed by atoms with Crippen molar-refractivity contribution in [3.63, 3.8) is 0 Å². The zero-order valence-corrected chi connectivity index (χ0v) is 21.2.